The quantitative estimate of drug-likeness (QED) is 0.467. The molecule has 0 saturated heterocycles. The summed E-state index contributed by atoms with van der Waals surface area (Å²) in [6, 6.07) is 0. The maximum Gasteiger partial charge on any atom is 0.0518 e. The fourth-order valence-electron chi connectivity index (χ4n) is 0.980. The predicted octanol–water partition coefficient (Wildman–Crippen LogP) is -0.481. The van der Waals surface area contributed by atoms with Gasteiger partial charge in [0.1, 0.15) is 0 Å². The largest absolute Gasteiger partial charge is 0.396 e. The second-order valence-electron chi connectivity index (χ2n) is 4.20. The van der Waals surface area contributed by atoms with Crippen molar-refractivity contribution >= 4 is 0 Å². The molecule has 86 valence electrons. The molecule has 4 heteroatoms. The van der Waals surface area contributed by atoms with Crippen molar-refractivity contribution in [1.82, 2.24) is 10.2 Å². The van der Waals surface area contributed by atoms with Crippen LogP contribution in [0, 0.1) is 5.41 Å². The van der Waals surface area contributed by atoms with Gasteiger partial charge in [-0.05, 0) is 13.6 Å². The minimum atomic E-state index is -0.398. The van der Waals surface area contributed by atoms with Crippen molar-refractivity contribution in [3.8, 4) is 0 Å². The number of rotatable bonds is 8. The molecule has 0 aliphatic rings. The number of likely N-dealkylation sites (N-methyl/N-ethyl adjacent to an activating group) is 1. The first-order valence-electron chi connectivity index (χ1n) is 5.19. The van der Waals surface area contributed by atoms with Crippen molar-refractivity contribution in [2.24, 2.45) is 5.41 Å². The highest BCUT2D eigenvalue weighted by Gasteiger charge is 2.21. The molecular weight excluding hydrogens is 180 g/mol. The van der Waals surface area contributed by atoms with Crippen LogP contribution in [-0.2, 0) is 0 Å². The molecule has 0 heterocycles. The molecule has 0 aromatic rings. The van der Waals surface area contributed by atoms with E-state index in [4.69, 9.17) is 10.2 Å². The fraction of sp³-hybridized carbons (Fsp3) is 1.00. The Hall–Kier alpha value is -0.160. The molecule has 0 spiro atoms. The number of aliphatic hydroxyl groups excluding tert-OH is 2. The summed E-state index contributed by atoms with van der Waals surface area (Å²) < 4.78 is 0. The summed E-state index contributed by atoms with van der Waals surface area (Å²) in [7, 11) is 2.07. The molecule has 0 aliphatic heterocycles. The molecule has 0 atom stereocenters. The van der Waals surface area contributed by atoms with E-state index < -0.39 is 5.41 Å². The summed E-state index contributed by atoms with van der Waals surface area (Å²) in [5, 5.41) is 21.3. The van der Waals surface area contributed by atoms with Crippen LogP contribution in [0.15, 0.2) is 0 Å². The topological polar surface area (TPSA) is 55.7 Å². The zero-order chi connectivity index (χ0) is 11.0. The molecule has 0 unspecified atom stereocenters. The van der Waals surface area contributed by atoms with Gasteiger partial charge in [-0.1, -0.05) is 13.8 Å². The Kier molecular flexibility index (Phi) is 7.09. The third-order valence-corrected chi connectivity index (χ3v) is 2.53. The number of hydrogen-bond donors (Lipinski definition) is 3. The molecule has 0 radical (unpaired) electrons. The Labute approximate surface area is 86.9 Å². The van der Waals surface area contributed by atoms with Gasteiger partial charge in [0, 0.05) is 25.0 Å². The Morgan fingerprint density at radius 3 is 2.29 bits per heavy atom. The van der Waals surface area contributed by atoms with Gasteiger partial charge in [0.15, 0.2) is 0 Å². The minimum absolute atomic E-state index is 0.0140. The maximum absolute atomic E-state index is 9.03. The molecule has 3 N–H and O–H groups in total. The van der Waals surface area contributed by atoms with Gasteiger partial charge in [0.25, 0.3) is 0 Å². The van der Waals surface area contributed by atoms with Crippen molar-refractivity contribution in [3.63, 3.8) is 0 Å². The first-order valence-corrected chi connectivity index (χ1v) is 5.19. The maximum atomic E-state index is 9.03. The van der Waals surface area contributed by atoms with Crippen molar-refractivity contribution in [3.05, 3.63) is 0 Å². The highest BCUT2D eigenvalue weighted by Crippen LogP contribution is 2.11. The highest BCUT2D eigenvalue weighted by atomic mass is 16.3. The van der Waals surface area contributed by atoms with Crippen molar-refractivity contribution in [1.29, 1.82) is 0 Å². The van der Waals surface area contributed by atoms with Crippen LogP contribution >= 0.6 is 0 Å². The molecule has 0 aromatic heterocycles. The second kappa shape index (κ2) is 7.17. The first kappa shape index (κ1) is 13.8. The minimum Gasteiger partial charge on any atom is -0.396 e. The average Bonchev–Trinajstić information content (AvgIpc) is 2.23. The molecule has 0 amide bonds. The number of hydrogen-bond acceptors (Lipinski definition) is 4. The second-order valence-corrected chi connectivity index (χ2v) is 4.20. The van der Waals surface area contributed by atoms with Crippen molar-refractivity contribution < 1.29 is 10.2 Å². The zero-order valence-electron chi connectivity index (χ0n) is 9.58. The van der Waals surface area contributed by atoms with E-state index in [-0.39, 0.29) is 13.2 Å². The van der Waals surface area contributed by atoms with E-state index in [1.807, 2.05) is 6.92 Å². The van der Waals surface area contributed by atoms with E-state index >= 15 is 0 Å². The summed E-state index contributed by atoms with van der Waals surface area (Å²) in [5.74, 6) is 0. The van der Waals surface area contributed by atoms with Gasteiger partial charge in [-0.3, -0.25) is 0 Å². The molecule has 0 aromatic carbocycles. The van der Waals surface area contributed by atoms with Crippen LogP contribution in [0.25, 0.3) is 0 Å². The van der Waals surface area contributed by atoms with E-state index in [2.05, 4.69) is 24.2 Å². The summed E-state index contributed by atoms with van der Waals surface area (Å²) in [5.41, 5.74) is -0.398. The lowest BCUT2D eigenvalue weighted by Crippen LogP contribution is -2.40. The predicted molar refractivity (Wildman–Crippen MR) is 58.3 cm³/mol. The van der Waals surface area contributed by atoms with Gasteiger partial charge in [0.2, 0.25) is 0 Å². The normalized spacial score (nSPS) is 12.4. The summed E-state index contributed by atoms with van der Waals surface area (Å²) in [6.07, 6.45) is 0. The van der Waals surface area contributed by atoms with Gasteiger partial charge < -0.3 is 20.4 Å². The molecule has 14 heavy (non-hydrogen) atoms. The van der Waals surface area contributed by atoms with Gasteiger partial charge in [0.05, 0.1) is 13.2 Å². The standard InChI is InChI=1S/C10H24N2O2/c1-4-12(3)6-5-11-7-10(2,8-13)9-14/h11,13-14H,4-9H2,1-3H3. The molecule has 4 nitrogen and oxygen atoms in total. The lowest BCUT2D eigenvalue weighted by atomic mass is 9.93. The van der Waals surface area contributed by atoms with Crippen LogP contribution in [0.5, 0.6) is 0 Å². The van der Waals surface area contributed by atoms with Crippen LogP contribution in [0.1, 0.15) is 13.8 Å². The van der Waals surface area contributed by atoms with Crippen LogP contribution in [0.4, 0.5) is 0 Å². The Balaban J connectivity index is 3.52. The van der Waals surface area contributed by atoms with Crippen LogP contribution in [0.2, 0.25) is 0 Å². The molecule has 0 fully saturated rings. The average molecular weight is 204 g/mol. The zero-order valence-corrected chi connectivity index (χ0v) is 9.58. The molecule has 0 bridgehead atoms. The first-order chi connectivity index (χ1) is 6.58. The highest BCUT2D eigenvalue weighted by molar-refractivity contribution is 4.74. The lowest BCUT2D eigenvalue weighted by molar-refractivity contribution is 0.0695. The van der Waals surface area contributed by atoms with Gasteiger partial charge in [-0.2, -0.15) is 0 Å². The number of aliphatic hydroxyl groups is 2. The van der Waals surface area contributed by atoms with Crippen molar-refractivity contribution in [2.75, 3.05) is 46.4 Å². The SMILES string of the molecule is CCN(C)CCNCC(C)(CO)CO. The number of nitrogens with one attached hydrogen (secondary N) is 1. The molecular formula is C10H24N2O2. The third-order valence-electron chi connectivity index (χ3n) is 2.53. The van der Waals surface area contributed by atoms with Gasteiger partial charge in [-0.15, -0.1) is 0 Å². The Morgan fingerprint density at radius 1 is 1.29 bits per heavy atom. The summed E-state index contributed by atoms with van der Waals surface area (Å²) in [4.78, 5) is 2.21. The third kappa shape index (κ3) is 5.54. The van der Waals surface area contributed by atoms with E-state index in [1.165, 1.54) is 0 Å². The van der Waals surface area contributed by atoms with Gasteiger partial charge >= 0.3 is 0 Å². The molecule has 0 saturated carbocycles. The monoisotopic (exact) mass is 204 g/mol. The molecule has 0 aliphatic carbocycles. The smallest absolute Gasteiger partial charge is 0.0518 e. The Bertz CT molecular complexity index is 138. The van der Waals surface area contributed by atoms with E-state index in [0.717, 1.165) is 19.6 Å². The van der Waals surface area contributed by atoms with Crippen LogP contribution in [-0.4, -0.2) is 61.6 Å². The molecule has 0 rings (SSSR count). The lowest BCUT2D eigenvalue weighted by Gasteiger charge is -2.25. The van der Waals surface area contributed by atoms with E-state index in [0.29, 0.717) is 6.54 Å². The Morgan fingerprint density at radius 2 is 1.86 bits per heavy atom. The summed E-state index contributed by atoms with van der Waals surface area (Å²) in [6.45, 7) is 7.58. The van der Waals surface area contributed by atoms with Crippen molar-refractivity contribution in [2.45, 2.75) is 13.8 Å². The van der Waals surface area contributed by atoms with E-state index in [9.17, 15) is 0 Å². The van der Waals surface area contributed by atoms with Crippen LogP contribution < -0.4 is 5.32 Å². The summed E-state index contributed by atoms with van der Waals surface area (Å²) >= 11 is 0. The number of nitrogens with zero attached hydrogens (tertiary/aromatic N) is 1. The fourth-order valence-corrected chi connectivity index (χ4v) is 0.980. The van der Waals surface area contributed by atoms with Crippen LogP contribution in [0.3, 0.4) is 0 Å². The van der Waals surface area contributed by atoms with E-state index in [1.54, 1.807) is 0 Å². The van der Waals surface area contributed by atoms with Gasteiger partial charge in [-0.25, -0.2) is 0 Å².